The first-order valence-electron chi connectivity index (χ1n) is 11.8. The monoisotopic (exact) mass is 515 g/mol. The number of rotatable bonds is 9. The molecule has 0 atom stereocenters. The molecule has 4 aromatic rings. The second kappa shape index (κ2) is 11.7. The number of carbonyl (C=O) groups excluding carboxylic acids is 1. The summed E-state index contributed by atoms with van der Waals surface area (Å²) < 4.78 is 33.9. The maximum Gasteiger partial charge on any atom is 0.326 e. The molecule has 2 N–H and O–H groups in total. The average Bonchev–Trinajstić information content (AvgIpc) is 2.88. The number of carbonyl (C=O) groups is 1. The van der Waals surface area contributed by atoms with Gasteiger partial charge in [0.05, 0.1) is 4.90 Å². The fourth-order valence-electron chi connectivity index (χ4n) is 3.67. The second-order valence-electron chi connectivity index (χ2n) is 8.57. The van der Waals surface area contributed by atoms with Crippen molar-refractivity contribution in [3.8, 4) is 11.5 Å². The van der Waals surface area contributed by atoms with Gasteiger partial charge in [-0.05, 0) is 80.1 Å². The van der Waals surface area contributed by atoms with Gasteiger partial charge in [-0.25, -0.2) is 17.9 Å². The Morgan fingerprint density at radius 2 is 1.46 bits per heavy atom. The lowest BCUT2D eigenvalue weighted by atomic mass is 10.2. The molecule has 0 fully saturated rings. The quantitative estimate of drug-likeness (QED) is 0.281. The molecule has 0 aromatic heterocycles. The summed E-state index contributed by atoms with van der Waals surface area (Å²) in [6.07, 6.45) is 0. The van der Waals surface area contributed by atoms with Gasteiger partial charge in [0, 0.05) is 24.5 Å². The van der Waals surface area contributed by atoms with Crippen LogP contribution in [0.15, 0.2) is 108 Å². The molecule has 37 heavy (non-hydrogen) atoms. The molecule has 8 heteroatoms. The minimum absolute atomic E-state index is 0.0275. The number of benzene rings is 4. The van der Waals surface area contributed by atoms with Crippen LogP contribution in [-0.2, 0) is 10.0 Å². The van der Waals surface area contributed by atoms with Gasteiger partial charge in [0.15, 0.2) is 0 Å². The van der Waals surface area contributed by atoms with E-state index in [-0.39, 0.29) is 24.0 Å². The molecule has 4 aromatic carbocycles. The summed E-state index contributed by atoms with van der Waals surface area (Å²) >= 11 is 0. The molecule has 7 nitrogen and oxygen atoms in total. The zero-order valence-corrected chi connectivity index (χ0v) is 21.5. The molecule has 0 saturated heterocycles. The van der Waals surface area contributed by atoms with Crippen LogP contribution in [0, 0.1) is 13.8 Å². The number of sulfonamides is 1. The van der Waals surface area contributed by atoms with Crippen LogP contribution in [0.2, 0.25) is 0 Å². The number of hydrogen-bond acceptors (Lipinski definition) is 4. The SMILES string of the molecule is Cc1ccc(S(=O)(=O)NCCN(C(=O)Nc2cccc(C)c2)c2ccc(Oc3ccccc3)cc2)cc1. The van der Waals surface area contributed by atoms with E-state index in [2.05, 4.69) is 10.0 Å². The number of para-hydroxylation sites is 1. The molecule has 0 spiro atoms. The van der Waals surface area contributed by atoms with Crippen LogP contribution in [0.1, 0.15) is 11.1 Å². The first-order valence-corrected chi connectivity index (χ1v) is 13.3. The van der Waals surface area contributed by atoms with Gasteiger partial charge in [0.25, 0.3) is 0 Å². The smallest absolute Gasteiger partial charge is 0.326 e. The van der Waals surface area contributed by atoms with Crippen molar-refractivity contribution in [2.75, 3.05) is 23.3 Å². The molecule has 0 aliphatic rings. The van der Waals surface area contributed by atoms with Crippen molar-refractivity contribution in [2.45, 2.75) is 18.7 Å². The molecule has 0 aliphatic carbocycles. The number of nitrogens with zero attached hydrogens (tertiary/aromatic N) is 1. The van der Waals surface area contributed by atoms with Crippen LogP contribution in [0.4, 0.5) is 16.2 Å². The predicted octanol–water partition coefficient (Wildman–Crippen LogP) is 6.11. The molecular weight excluding hydrogens is 486 g/mol. The summed E-state index contributed by atoms with van der Waals surface area (Å²) in [7, 11) is -3.71. The van der Waals surface area contributed by atoms with Crippen LogP contribution >= 0.6 is 0 Å². The van der Waals surface area contributed by atoms with E-state index in [1.54, 1.807) is 54.6 Å². The van der Waals surface area contributed by atoms with Crippen LogP contribution < -0.4 is 19.7 Å². The van der Waals surface area contributed by atoms with E-state index < -0.39 is 10.0 Å². The normalized spacial score (nSPS) is 11.1. The van der Waals surface area contributed by atoms with Gasteiger partial charge in [0.2, 0.25) is 10.0 Å². The van der Waals surface area contributed by atoms with Gasteiger partial charge < -0.3 is 10.1 Å². The Labute approximate surface area is 217 Å². The lowest BCUT2D eigenvalue weighted by Crippen LogP contribution is -2.41. The molecule has 0 unspecified atom stereocenters. The standard InChI is InChI=1S/C29H29N3O4S/c1-22-11-17-28(18-12-22)37(34,35)30-19-20-32(29(33)31-24-8-6-7-23(2)21-24)25-13-15-27(16-14-25)36-26-9-4-3-5-10-26/h3-18,21,30H,19-20H2,1-2H3,(H,31,33). The van der Waals surface area contributed by atoms with Crippen LogP contribution in [-0.4, -0.2) is 27.5 Å². The third kappa shape index (κ3) is 7.19. The van der Waals surface area contributed by atoms with E-state index in [0.717, 1.165) is 11.1 Å². The van der Waals surface area contributed by atoms with Gasteiger partial charge in [0.1, 0.15) is 11.5 Å². The number of ether oxygens (including phenoxy) is 1. The molecule has 0 aliphatic heterocycles. The summed E-state index contributed by atoms with van der Waals surface area (Å²) in [5.41, 5.74) is 3.23. The zero-order chi connectivity index (χ0) is 26.3. The average molecular weight is 516 g/mol. The van der Waals surface area contributed by atoms with Crippen LogP contribution in [0.25, 0.3) is 0 Å². The van der Waals surface area contributed by atoms with Crippen molar-refractivity contribution >= 4 is 27.4 Å². The molecule has 4 rings (SSSR count). The van der Waals surface area contributed by atoms with Crippen molar-refractivity contribution < 1.29 is 17.9 Å². The third-order valence-electron chi connectivity index (χ3n) is 5.60. The van der Waals surface area contributed by atoms with Crippen molar-refractivity contribution in [3.63, 3.8) is 0 Å². The van der Waals surface area contributed by atoms with Crippen molar-refractivity contribution in [2.24, 2.45) is 0 Å². The minimum Gasteiger partial charge on any atom is -0.457 e. The summed E-state index contributed by atoms with van der Waals surface area (Å²) in [4.78, 5) is 14.9. The molecule has 0 radical (unpaired) electrons. The minimum atomic E-state index is -3.71. The highest BCUT2D eigenvalue weighted by atomic mass is 32.2. The van der Waals surface area contributed by atoms with E-state index in [0.29, 0.717) is 22.9 Å². The Bertz CT molecular complexity index is 1440. The summed E-state index contributed by atoms with van der Waals surface area (Å²) in [6.45, 7) is 3.98. The Morgan fingerprint density at radius 3 is 2.14 bits per heavy atom. The number of hydrogen-bond donors (Lipinski definition) is 2. The second-order valence-corrected chi connectivity index (χ2v) is 10.3. The Morgan fingerprint density at radius 1 is 0.784 bits per heavy atom. The molecule has 2 amide bonds. The Hall–Kier alpha value is -4.14. The molecule has 0 heterocycles. The predicted molar refractivity (Wildman–Crippen MR) is 147 cm³/mol. The lowest BCUT2D eigenvalue weighted by molar-refractivity contribution is 0.257. The van der Waals surface area contributed by atoms with E-state index in [1.165, 1.54) is 4.90 Å². The van der Waals surface area contributed by atoms with Crippen LogP contribution in [0.3, 0.4) is 0 Å². The number of anilines is 2. The number of amides is 2. The first kappa shape index (κ1) is 25.9. The van der Waals surface area contributed by atoms with Gasteiger partial charge in [-0.3, -0.25) is 4.90 Å². The first-order chi connectivity index (χ1) is 17.8. The highest BCUT2D eigenvalue weighted by Crippen LogP contribution is 2.25. The van der Waals surface area contributed by atoms with Crippen LogP contribution in [0.5, 0.6) is 11.5 Å². The molecule has 0 bridgehead atoms. The van der Waals surface area contributed by atoms with Crippen molar-refractivity contribution in [1.29, 1.82) is 0 Å². The highest BCUT2D eigenvalue weighted by Gasteiger charge is 2.19. The van der Waals surface area contributed by atoms with E-state index in [9.17, 15) is 13.2 Å². The summed E-state index contributed by atoms with van der Waals surface area (Å²) in [5, 5.41) is 2.90. The maximum absolute atomic E-state index is 13.3. The van der Waals surface area contributed by atoms with E-state index in [1.807, 2.05) is 62.4 Å². The number of nitrogens with one attached hydrogen (secondary N) is 2. The van der Waals surface area contributed by atoms with E-state index in [4.69, 9.17) is 4.74 Å². The maximum atomic E-state index is 13.3. The topological polar surface area (TPSA) is 87.7 Å². The van der Waals surface area contributed by atoms with Crippen molar-refractivity contribution in [1.82, 2.24) is 4.72 Å². The summed E-state index contributed by atoms with van der Waals surface area (Å²) in [6, 6.07) is 30.2. The number of aryl methyl sites for hydroxylation is 2. The molecular formula is C29H29N3O4S. The number of urea groups is 1. The van der Waals surface area contributed by atoms with E-state index >= 15 is 0 Å². The highest BCUT2D eigenvalue weighted by molar-refractivity contribution is 7.89. The van der Waals surface area contributed by atoms with Gasteiger partial charge in [-0.15, -0.1) is 0 Å². The zero-order valence-electron chi connectivity index (χ0n) is 20.7. The fraction of sp³-hybridized carbons (Fsp3) is 0.138. The third-order valence-corrected chi connectivity index (χ3v) is 7.08. The van der Waals surface area contributed by atoms with Gasteiger partial charge in [-0.1, -0.05) is 48.0 Å². The Balaban J connectivity index is 1.50. The summed E-state index contributed by atoms with van der Waals surface area (Å²) in [5.74, 6) is 1.32. The van der Waals surface area contributed by atoms with Gasteiger partial charge >= 0.3 is 6.03 Å². The fourth-order valence-corrected chi connectivity index (χ4v) is 4.69. The van der Waals surface area contributed by atoms with Gasteiger partial charge in [-0.2, -0.15) is 0 Å². The lowest BCUT2D eigenvalue weighted by Gasteiger charge is -2.24. The molecule has 190 valence electrons. The Kier molecular flexibility index (Phi) is 8.22. The van der Waals surface area contributed by atoms with Crippen molar-refractivity contribution in [3.05, 3.63) is 114 Å². The largest absolute Gasteiger partial charge is 0.457 e. The molecule has 0 saturated carbocycles.